The number of rotatable bonds is 12. The second-order valence-corrected chi connectivity index (χ2v) is 5.08. The fraction of sp³-hybridized carbons (Fsp3) is 0.750. The van der Waals surface area contributed by atoms with E-state index >= 15 is 0 Å². The van der Waals surface area contributed by atoms with Crippen LogP contribution in [0.4, 0.5) is 0 Å². The Labute approximate surface area is 117 Å². The quantitative estimate of drug-likeness (QED) is 0.302. The van der Waals surface area contributed by atoms with Gasteiger partial charge in [0.2, 0.25) is 0 Å². The van der Waals surface area contributed by atoms with E-state index in [9.17, 15) is 9.59 Å². The zero-order valence-electron chi connectivity index (χ0n) is 12.5. The molecular weight excluding hydrogens is 240 g/mol. The first-order valence-electron chi connectivity index (χ1n) is 7.42. The maximum absolute atomic E-state index is 11.5. The summed E-state index contributed by atoms with van der Waals surface area (Å²) in [4.78, 5) is 22.6. The van der Waals surface area contributed by atoms with E-state index in [4.69, 9.17) is 4.74 Å². The predicted octanol–water partition coefficient (Wildman–Crippen LogP) is 4.21. The Morgan fingerprint density at radius 3 is 2.05 bits per heavy atom. The summed E-state index contributed by atoms with van der Waals surface area (Å²) in [6.45, 7) is 7.75. The summed E-state index contributed by atoms with van der Waals surface area (Å²) < 4.78 is 4.98. The van der Waals surface area contributed by atoms with E-state index in [-0.39, 0.29) is 5.97 Å². The molecule has 0 saturated carbocycles. The summed E-state index contributed by atoms with van der Waals surface area (Å²) in [5, 5.41) is 0. The van der Waals surface area contributed by atoms with E-state index in [2.05, 4.69) is 13.5 Å². The molecule has 110 valence electrons. The fourth-order valence-corrected chi connectivity index (χ4v) is 1.76. The summed E-state index contributed by atoms with van der Waals surface area (Å²) in [5.41, 5.74) is 0.433. The highest BCUT2D eigenvalue weighted by Gasteiger charge is 2.03. The Kier molecular flexibility index (Phi) is 11.2. The Morgan fingerprint density at radius 1 is 0.947 bits per heavy atom. The van der Waals surface area contributed by atoms with Crippen LogP contribution in [0, 0.1) is 0 Å². The maximum atomic E-state index is 11.5. The molecule has 0 N–H and O–H groups in total. The van der Waals surface area contributed by atoms with E-state index in [0.717, 1.165) is 32.1 Å². The Bertz CT molecular complexity index is 282. The second kappa shape index (κ2) is 11.9. The molecule has 3 nitrogen and oxygen atoms in total. The van der Waals surface area contributed by atoms with Gasteiger partial charge in [0.05, 0.1) is 6.61 Å². The first-order valence-corrected chi connectivity index (χ1v) is 7.42. The summed E-state index contributed by atoms with van der Waals surface area (Å²) in [6.07, 6.45) is 8.68. The third-order valence-corrected chi connectivity index (χ3v) is 2.99. The molecule has 0 rings (SSSR count). The highest BCUT2D eigenvalue weighted by molar-refractivity contribution is 5.86. The lowest BCUT2D eigenvalue weighted by Crippen LogP contribution is -2.06. The van der Waals surface area contributed by atoms with Crippen molar-refractivity contribution in [1.29, 1.82) is 0 Å². The van der Waals surface area contributed by atoms with Crippen molar-refractivity contribution in [1.82, 2.24) is 0 Å². The van der Waals surface area contributed by atoms with Crippen LogP contribution in [0.1, 0.15) is 71.6 Å². The number of carbonyl (C=O) groups excluding carboxylic acids is 2. The molecule has 0 radical (unpaired) electrons. The van der Waals surface area contributed by atoms with Gasteiger partial charge in [0, 0.05) is 18.4 Å². The van der Waals surface area contributed by atoms with Gasteiger partial charge in [-0.15, -0.1) is 0 Å². The number of unbranched alkanes of at least 4 members (excludes halogenated alkanes) is 5. The third kappa shape index (κ3) is 11.7. The number of hydrogen-bond donors (Lipinski definition) is 0. The van der Waals surface area contributed by atoms with Crippen molar-refractivity contribution in [3.8, 4) is 0 Å². The zero-order valence-corrected chi connectivity index (χ0v) is 12.5. The van der Waals surface area contributed by atoms with Crippen molar-refractivity contribution < 1.29 is 14.3 Å². The van der Waals surface area contributed by atoms with Crippen LogP contribution in [0.25, 0.3) is 0 Å². The Balaban J connectivity index is 3.32. The molecule has 0 aromatic rings. The molecule has 0 spiro atoms. The van der Waals surface area contributed by atoms with Crippen LogP contribution in [-0.2, 0) is 14.3 Å². The van der Waals surface area contributed by atoms with E-state index in [1.807, 2.05) is 0 Å². The number of carbonyl (C=O) groups is 2. The molecule has 0 unspecified atom stereocenters. The first kappa shape index (κ1) is 17.9. The monoisotopic (exact) mass is 268 g/mol. The van der Waals surface area contributed by atoms with Gasteiger partial charge < -0.3 is 4.74 Å². The van der Waals surface area contributed by atoms with Crippen LogP contribution in [0.3, 0.4) is 0 Å². The van der Waals surface area contributed by atoms with Gasteiger partial charge in [0.15, 0.2) is 0 Å². The molecule has 0 saturated heterocycles. The molecule has 0 fully saturated rings. The molecule has 0 heterocycles. The first-order chi connectivity index (χ1) is 9.07. The van der Waals surface area contributed by atoms with Crippen molar-refractivity contribution in [3.05, 3.63) is 12.2 Å². The molecule has 0 aliphatic rings. The van der Waals surface area contributed by atoms with Gasteiger partial charge >= 0.3 is 5.97 Å². The summed E-state index contributed by atoms with van der Waals surface area (Å²) in [6, 6.07) is 0. The van der Waals surface area contributed by atoms with Crippen molar-refractivity contribution >= 4 is 11.8 Å². The topological polar surface area (TPSA) is 43.4 Å². The molecular formula is C16H28O3. The van der Waals surface area contributed by atoms with Crippen molar-refractivity contribution in [2.45, 2.75) is 71.6 Å². The molecule has 0 bridgehead atoms. The number of hydrogen-bond acceptors (Lipinski definition) is 3. The standard InChI is InChI=1S/C16H28O3/c1-4-5-6-8-11-15(17)12-9-7-10-13-19-16(18)14(2)3/h2,4-13H2,1,3H3. The lowest BCUT2D eigenvalue weighted by molar-refractivity contribution is -0.139. The molecule has 0 aliphatic carbocycles. The summed E-state index contributed by atoms with van der Waals surface area (Å²) >= 11 is 0. The van der Waals surface area contributed by atoms with Crippen LogP contribution >= 0.6 is 0 Å². The van der Waals surface area contributed by atoms with Gasteiger partial charge in [-0.2, -0.15) is 0 Å². The average molecular weight is 268 g/mol. The minimum absolute atomic E-state index is 0.327. The van der Waals surface area contributed by atoms with Crippen LogP contribution in [0.5, 0.6) is 0 Å². The van der Waals surface area contributed by atoms with Gasteiger partial charge in [-0.05, 0) is 32.6 Å². The highest BCUT2D eigenvalue weighted by Crippen LogP contribution is 2.08. The lowest BCUT2D eigenvalue weighted by Gasteiger charge is -2.04. The van der Waals surface area contributed by atoms with Crippen molar-refractivity contribution in [2.24, 2.45) is 0 Å². The van der Waals surface area contributed by atoms with Crippen LogP contribution in [-0.4, -0.2) is 18.4 Å². The smallest absolute Gasteiger partial charge is 0.333 e. The Morgan fingerprint density at radius 2 is 1.53 bits per heavy atom. The molecule has 3 heteroatoms. The minimum atomic E-state index is -0.327. The molecule has 0 aromatic heterocycles. The van der Waals surface area contributed by atoms with Gasteiger partial charge in [0.1, 0.15) is 5.78 Å². The average Bonchev–Trinajstić information content (AvgIpc) is 2.38. The van der Waals surface area contributed by atoms with Gasteiger partial charge in [-0.25, -0.2) is 4.79 Å². The highest BCUT2D eigenvalue weighted by atomic mass is 16.5. The second-order valence-electron chi connectivity index (χ2n) is 5.08. The van der Waals surface area contributed by atoms with Gasteiger partial charge in [0.25, 0.3) is 0 Å². The third-order valence-electron chi connectivity index (χ3n) is 2.99. The number of Topliss-reactive ketones (excluding diaryl/α,β-unsaturated/α-hetero) is 1. The largest absolute Gasteiger partial charge is 0.462 e. The fourth-order valence-electron chi connectivity index (χ4n) is 1.76. The maximum Gasteiger partial charge on any atom is 0.333 e. The normalized spacial score (nSPS) is 10.2. The van der Waals surface area contributed by atoms with Gasteiger partial charge in [-0.3, -0.25) is 4.79 Å². The van der Waals surface area contributed by atoms with Crippen LogP contribution in [0.15, 0.2) is 12.2 Å². The van der Waals surface area contributed by atoms with E-state index < -0.39 is 0 Å². The van der Waals surface area contributed by atoms with Crippen LogP contribution in [0.2, 0.25) is 0 Å². The molecule has 0 amide bonds. The molecule has 0 aliphatic heterocycles. The zero-order chi connectivity index (χ0) is 14.5. The summed E-state index contributed by atoms with van der Waals surface area (Å²) in [7, 11) is 0. The van der Waals surface area contributed by atoms with Crippen molar-refractivity contribution in [3.63, 3.8) is 0 Å². The Hall–Kier alpha value is -1.12. The number of esters is 1. The lowest BCUT2D eigenvalue weighted by atomic mass is 10.1. The molecule has 19 heavy (non-hydrogen) atoms. The number of ether oxygens (including phenoxy) is 1. The SMILES string of the molecule is C=C(C)C(=O)OCCCCCC(=O)CCCCCC. The van der Waals surface area contributed by atoms with E-state index in [1.54, 1.807) is 6.92 Å². The van der Waals surface area contributed by atoms with E-state index in [1.165, 1.54) is 19.3 Å². The number of ketones is 1. The summed E-state index contributed by atoms with van der Waals surface area (Å²) in [5.74, 6) is 0.0436. The minimum Gasteiger partial charge on any atom is -0.462 e. The van der Waals surface area contributed by atoms with Gasteiger partial charge in [-0.1, -0.05) is 32.8 Å². The van der Waals surface area contributed by atoms with Crippen molar-refractivity contribution in [2.75, 3.05) is 6.61 Å². The van der Waals surface area contributed by atoms with Crippen LogP contribution < -0.4 is 0 Å². The van der Waals surface area contributed by atoms with E-state index in [0.29, 0.717) is 24.4 Å². The molecule has 0 atom stereocenters. The molecule has 0 aromatic carbocycles. The predicted molar refractivity (Wildman–Crippen MR) is 78.0 cm³/mol.